The second kappa shape index (κ2) is 4.87. The third-order valence-corrected chi connectivity index (χ3v) is 3.95. The van der Waals surface area contributed by atoms with Gasteiger partial charge in [0.2, 0.25) is 0 Å². The third-order valence-electron chi connectivity index (χ3n) is 3.95. The van der Waals surface area contributed by atoms with Crippen LogP contribution in [0.1, 0.15) is 30.2 Å². The Hall–Kier alpha value is -1.94. The van der Waals surface area contributed by atoms with Crippen LogP contribution in [0.3, 0.4) is 0 Å². The van der Waals surface area contributed by atoms with Gasteiger partial charge in [0, 0.05) is 6.42 Å². The minimum absolute atomic E-state index is 0.352. The van der Waals surface area contributed by atoms with Gasteiger partial charge in [0.15, 0.2) is 0 Å². The van der Waals surface area contributed by atoms with Gasteiger partial charge in [0.05, 0.1) is 24.0 Å². The second-order valence-electron chi connectivity index (χ2n) is 5.11. The van der Waals surface area contributed by atoms with E-state index in [-0.39, 0.29) is 5.82 Å². The van der Waals surface area contributed by atoms with Crippen LogP contribution in [-0.2, 0) is 12.0 Å². The van der Waals surface area contributed by atoms with Crippen LogP contribution in [0.15, 0.2) is 36.5 Å². The number of nitrogens with two attached hydrogens (primary N) is 1. The zero-order valence-corrected chi connectivity index (χ0v) is 11.4. The van der Waals surface area contributed by atoms with Gasteiger partial charge < -0.3 is 10.5 Å². The highest BCUT2D eigenvalue weighted by molar-refractivity contribution is 5.44. The van der Waals surface area contributed by atoms with Crippen molar-refractivity contribution in [3.63, 3.8) is 0 Å². The maximum absolute atomic E-state index is 13.0. The van der Waals surface area contributed by atoms with E-state index in [9.17, 15) is 4.39 Å². The molecule has 1 aromatic heterocycles. The van der Waals surface area contributed by atoms with Crippen LogP contribution < -0.4 is 10.5 Å². The van der Waals surface area contributed by atoms with Crippen LogP contribution in [0.5, 0.6) is 5.75 Å². The van der Waals surface area contributed by atoms with Crippen LogP contribution in [0.2, 0.25) is 0 Å². The first-order chi connectivity index (χ1) is 9.63. The highest BCUT2D eigenvalue weighted by atomic mass is 19.1. The van der Waals surface area contributed by atoms with Gasteiger partial charge in [0.1, 0.15) is 11.6 Å². The first kappa shape index (κ1) is 13.1. The van der Waals surface area contributed by atoms with Crippen molar-refractivity contribution in [1.29, 1.82) is 0 Å². The molecule has 1 atom stereocenters. The van der Waals surface area contributed by atoms with E-state index in [0.29, 0.717) is 12.1 Å². The van der Waals surface area contributed by atoms with Crippen molar-refractivity contribution in [1.82, 2.24) is 4.98 Å². The molecule has 0 fully saturated rings. The monoisotopic (exact) mass is 272 g/mol. The van der Waals surface area contributed by atoms with Crippen molar-refractivity contribution in [2.75, 3.05) is 6.61 Å². The van der Waals surface area contributed by atoms with Crippen LogP contribution in [0.25, 0.3) is 0 Å². The molecule has 0 saturated carbocycles. The molecule has 104 valence electrons. The zero-order chi connectivity index (χ0) is 14.2. The summed E-state index contributed by atoms with van der Waals surface area (Å²) in [5.74, 6) is 0.578. The number of nitrogens with zero attached hydrogens (tertiary/aromatic N) is 1. The molecule has 0 saturated heterocycles. The molecule has 1 unspecified atom stereocenters. The summed E-state index contributed by atoms with van der Waals surface area (Å²) in [6.45, 7) is 2.73. The lowest BCUT2D eigenvalue weighted by atomic mass is 9.84. The Morgan fingerprint density at radius 1 is 1.35 bits per heavy atom. The lowest BCUT2D eigenvalue weighted by Crippen LogP contribution is -2.38. The van der Waals surface area contributed by atoms with E-state index >= 15 is 0 Å². The first-order valence-corrected chi connectivity index (χ1v) is 6.80. The van der Waals surface area contributed by atoms with Crippen molar-refractivity contribution < 1.29 is 9.13 Å². The van der Waals surface area contributed by atoms with Gasteiger partial charge in [-0.25, -0.2) is 4.39 Å². The molecule has 1 aliphatic rings. The van der Waals surface area contributed by atoms with Gasteiger partial charge in [-0.1, -0.05) is 13.0 Å². The molecule has 1 aliphatic heterocycles. The quantitative estimate of drug-likeness (QED) is 0.934. The molecule has 2 aromatic rings. The smallest absolute Gasteiger partial charge is 0.141 e. The normalized spacial score (nSPS) is 16.4. The Morgan fingerprint density at radius 3 is 2.90 bits per heavy atom. The van der Waals surface area contributed by atoms with E-state index in [4.69, 9.17) is 10.5 Å². The first-order valence-electron chi connectivity index (χ1n) is 6.80. The van der Waals surface area contributed by atoms with E-state index in [1.165, 1.54) is 17.8 Å². The number of hydrogen-bond acceptors (Lipinski definition) is 3. The molecule has 3 rings (SSSR count). The fraction of sp³-hybridized carbons (Fsp3) is 0.312. The Kier molecular flexibility index (Phi) is 3.18. The third kappa shape index (κ3) is 2.06. The van der Waals surface area contributed by atoms with Crippen molar-refractivity contribution >= 4 is 0 Å². The van der Waals surface area contributed by atoms with E-state index in [0.717, 1.165) is 24.3 Å². The van der Waals surface area contributed by atoms with E-state index in [2.05, 4.69) is 11.1 Å². The molecular formula is C16H17FN2O. The second-order valence-corrected chi connectivity index (χ2v) is 5.11. The average Bonchev–Trinajstić information content (AvgIpc) is 2.94. The largest absolute Gasteiger partial charge is 0.493 e. The van der Waals surface area contributed by atoms with Gasteiger partial charge in [-0.05, 0) is 41.8 Å². The van der Waals surface area contributed by atoms with Crippen LogP contribution in [-0.4, -0.2) is 11.6 Å². The summed E-state index contributed by atoms with van der Waals surface area (Å²) in [5, 5.41) is 0. The molecule has 2 heterocycles. The minimum atomic E-state index is -0.703. The molecule has 20 heavy (non-hydrogen) atoms. The van der Waals surface area contributed by atoms with Crippen LogP contribution in [0, 0.1) is 5.82 Å². The predicted molar refractivity (Wildman–Crippen MR) is 75.1 cm³/mol. The fourth-order valence-corrected chi connectivity index (χ4v) is 2.64. The molecule has 0 amide bonds. The molecular weight excluding hydrogens is 255 g/mol. The Balaban J connectivity index is 2.06. The van der Waals surface area contributed by atoms with E-state index < -0.39 is 5.54 Å². The van der Waals surface area contributed by atoms with Crippen molar-refractivity contribution in [2.45, 2.75) is 25.3 Å². The van der Waals surface area contributed by atoms with Crippen molar-refractivity contribution in [2.24, 2.45) is 5.73 Å². The van der Waals surface area contributed by atoms with Crippen LogP contribution >= 0.6 is 0 Å². The standard InChI is InChI=1S/C16H17FN2O/c1-2-16(18,15-6-4-13(17)10-19-15)12-3-5-14-11(9-12)7-8-20-14/h3-6,9-10H,2,7-8,18H2,1H3. The summed E-state index contributed by atoms with van der Waals surface area (Å²) < 4.78 is 18.6. The number of ether oxygens (including phenoxy) is 1. The molecule has 0 radical (unpaired) electrons. The number of hydrogen-bond donors (Lipinski definition) is 1. The summed E-state index contributed by atoms with van der Waals surface area (Å²) in [4.78, 5) is 4.16. The number of halogens is 1. The van der Waals surface area contributed by atoms with Gasteiger partial charge >= 0.3 is 0 Å². The number of benzene rings is 1. The number of rotatable bonds is 3. The Bertz CT molecular complexity index is 627. The van der Waals surface area contributed by atoms with Crippen LogP contribution in [0.4, 0.5) is 4.39 Å². The Morgan fingerprint density at radius 2 is 2.20 bits per heavy atom. The van der Waals surface area contributed by atoms with Crippen molar-refractivity contribution in [3.05, 3.63) is 59.2 Å². The van der Waals surface area contributed by atoms with Gasteiger partial charge in [-0.2, -0.15) is 0 Å². The molecule has 1 aromatic carbocycles. The number of pyridine rings is 1. The highest BCUT2D eigenvalue weighted by Gasteiger charge is 2.30. The molecule has 4 heteroatoms. The predicted octanol–water partition coefficient (Wildman–Crippen LogP) is 2.77. The number of fused-ring (bicyclic) bond motifs is 1. The molecule has 0 bridgehead atoms. The molecule has 3 nitrogen and oxygen atoms in total. The maximum Gasteiger partial charge on any atom is 0.141 e. The molecule has 2 N–H and O–H groups in total. The summed E-state index contributed by atoms with van der Waals surface area (Å²) >= 11 is 0. The summed E-state index contributed by atoms with van der Waals surface area (Å²) in [7, 11) is 0. The Labute approximate surface area is 117 Å². The van der Waals surface area contributed by atoms with Gasteiger partial charge in [-0.15, -0.1) is 0 Å². The van der Waals surface area contributed by atoms with Gasteiger partial charge in [0.25, 0.3) is 0 Å². The number of aromatic nitrogens is 1. The topological polar surface area (TPSA) is 48.1 Å². The highest BCUT2D eigenvalue weighted by Crippen LogP contribution is 2.34. The lowest BCUT2D eigenvalue weighted by Gasteiger charge is -2.28. The summed E-state index contributed by atoms with van der Waals surface area (Å²) in [5.41, 5.74) is 8.70. The summed E-state index contributed by atoms with van der Waals surface area (Å²) in [6, 6.07) is 9.06. The minimum Gasteiger partial charge on any atom is -0.493 e. The van der Waals surface area contributed by atoms with E-state index in [1.807, 2.05) is 19.1 Å². The van der Waals surface area contributed by atoms with E-state index in [1.54, 1.807) is 6.07 Å². The van der Waals surface area contributed by atoms with Crippen molar-refractivity contribution in [3.8, 4) is 5.75 Å². The summed E-state index contributed by atoms with van der Waals surface area (Å²) in [6.07, 6.45) is 2.80. The lowest BCUT2D eigenvalue weighted by molar-refractivity contribution is 0.356. The zero-order valence-electron chi connectivity index (χ0n) is 11.4. The molecule has 0 spiro atoms. The maximum atomic E-state index is 13.0. The van der Waals surface area contributed by atoms with Gasteiger partial charge in [-0.3, -0.25) is 4.98 Å². The average molecular weight is 272 g/mol. The fourth-order valence-electron chi connectivity index (χ4n) is 2.64. The SMILES string of the molecule is CCC(N)(c1ccc2c(c1)CCO2)c1ccc(F)cn1. The molecule has 0 aliphatic carbocycles.